The summed E-state index contributed by atoms with van der Waals surface area (Å²) >= 11 is 12.6. The van der Waals surface area contributed by atoms with Gasteiger partial charge in [0.15, 0.2) is 0 Å². The smallest absolute Gasteiger partial charge is 0.204 e. The SMILES string of the molecule is CN1CCN(CCCN(c2nc3cc(Cl)c(Cl)cc3[nH]2)[C@@H]2CCC3(c4cccc(C#N)c4)C[C@H]23)CC1. The molecule has 6 rings (SSSR count). The fourth-order valence-corrected chi connectivity index (χ4v) is 6.89. The van der Waals surface area contributed by atoms with Crippen molar-refractivity contribution >= 4 is 40.2 Å². The number of fused-ring (bicyclic) bond motifs is 2. The van der Waals surface area contributed by atoms with Crippen LogP contribution in [0.5, 0.6) is 0 Å². The number of aromatic amines is 1. The summed E-state index contributed by atoms with van der Waals surface area (Å²) in [7, 11) is 2.20. The lowest BCUT2D eigenvalue weighted by Gasteiger charge is -2.34. The fourth-order valence-electron chi connectivity index (χ4n) is 6.57. The van der Waals surface area contributed by atoms with Gasteiger partial charge in [-0.2, -0.15) is 5.26 Å². The largest absolute Gasteiger partial charge is 0.339 e. The van der Waals surface area contributed by atoms with Crippen molar-refractivity contribution < 1.29 is 0 Å². The predicted octanol–water partition coefficient (Wildman–Crippen LogP) is 5.31. The standard InChI is InChI=1S/C28H32Cl2N6/c1-34-10-12-35(13-11-34)8-3-9-36(27-32-24-15-22(29)23(30)16-25(24)33-27)26-6-7-28(17-21(26)28)20-5-2-4-19(14-20)18-31/h2,4-5,14-16,21,26H,3,6-13,17H2,1H3,(H,32,33)/t21-,26-,28?/m1/s1. The summed E-state index contributed by atoms with van der Waals surface area (Å²) in [6.07, 6.45) is 4.57. The number of imidazole rings is 1. The number of aromatic nitrogens is 2. The molecule has 2 aliphatic carbocycles. The topological polar surface area (TPSA) is 62.2 Å². The van der Waals surface area contributed by atoms with Crippen LogP contribution in [0, 0.1) is 17.2 Å². The van der Waals surface area contributed by atoms with Gasteiger partial charge in [-0.3, -0.25) is 0 Å². The molecule has 1 unspecified atom stereocenters. The molecule has 0 radical (unpaired) electrons. The molecular formula is C28H32Cl2N6. The molecule has 188 valence electrons. The molecule has 8 heteroatoms. The van der Waals surface area contributed by atoms with E-state index >= 15 is 0 Å². The molecule has 1 N–H and O–H groups in total. The van der Waals surface area contributed by atoms with Crippen molar-refractivity contribution in [2.45, 2.75) is 37.1 Å². The molecule has 1 aromatic heterocycles. The highest BCUT2D eigenvalue weighted by Crippen LogP contribution is 2.65. The summed E-state index contributed by atoms with van der Waals surface area (Å²) in [5.74, 6) is 1.50. The number of piperazine rings is 1. The number of nitrogens with zero attached hydrogens (tertiary/aromatic N) is 5. The van der Waals surface area contributed by atoms with Gasteiger partial charge in [0.2, 0.25) is 5.95 Å². The van der Waals surface area contributed by atoms with E-state index in [1.165, 1.54) is 12.0 Å². The van der Waals surface area contributed by atoms with Crippen LogP contribution in [0.3, 0.4) is 0 Å². The average Bonchev–Trinajstić information content (AvgIpc) is 3.31. The van der Waals surface area contributed by atoms with Gasteiger partial charge in [0.25, 0.3) is 0 Å². The van der Waals surface area contributed by atoms with Gasteiger partial charge in [0.1, 0.15) is 0 Å². The van der Waals surface area contributed by atoms with Crippen LogP contribution >= 0.6 is 23.2 Å². The molecule has 2 aromatic carbocycles. The highest BCUT2D eigenvalue weighted by atomic mass is 35.5. The van der Waals surface area contributed by atoms with Gasteiger partial charge in [-0.25, -0.2) is 4.98 Å². The van der Waals surface area contributed by atoms with Crippen LogP contribution in [0.4, 0.5) is 5.95 Å². The Bertz CT molecular complexity index is 1270. The van der Waals surface area contributed by atoms with Crippen molar-refractivity contribution in [1.29, 1.82) is 5.26 Å². The normalized spacial score (nSPS) is 26.2. The summed E-state index contributed by atoms with van der Waals surface area (Å²) in [6.45, 7) is 6.64. The van der Waals surface area contributed by atoms with E-state index in [0.717, 1.165) is 81.1 Å². The van der Waals surface area contributed by atoms with E-state index in [2.05, 4.69) is 44.9 Å². The number of nitriles is 1. The van der Waals surface area contributed by atoms with E-state index in [1.807, 2.05) is 24.3 Å². The van der Waals surface area contributed by atoms with E-state index in [1.54, 1.807) is 0 Å². The minimum absolute atomic E-state index is 0.200. The zero-order valence-electron chi connectivity index (χ0n) is 20.7. The van der Waals surface area contributed by atoms with Gasteiger partial charge in [-0.15, -0.1) is 0 Å². The molecule has 3 atom stereocenters. The van der Waals surface area contributed by atoms with Crippen LogP contribution in [0.15, 0.2) is 36.4 Å². The highest BCUT2D eigenvalue weighted by Gasteiger charge is 2.63. The average molecular weight is 524 g/mol. The number of rotatable bonds is 7. The maximum absolute atomic E-state index is 9.42. The molecule has 0 amide bonds. The van der Waals surface area contributed by atoms with Crippen molar-refractivity contribution in [3.8, 4) is 6.07 Å². The van der Waals surface area contributed by atoms with Crippen LogP contribution in [0.25, 0.3) is 11.0 Å². The number of hydrogen-bond donors (Lipinski definition) is 1. The van der Waals surface area contributed by atoms with Crippen LogP contribution < -0.4 is 4.90 Å². The minimum Gasteiger partial charge on any atom is -0.339 e. The third kappa shape index (κ3) is 4.37. The van der Waals surface area contributed by atoms with E-state index in [4.69, 9.17) is 28.2 Å². The first-order valence-electron chi connectivity index (χ1n) is 13.0. The maximum atomic E-state index is 9.42. The Morgan fingerprint density at radius 3 is 2.75 bits per heavy atom. The zero-order valence-corrected chi connectivity index (χ0v) is 22.2. The lowest BCUT2D eigenvalue weighted by Crippen LogP contribution is -2.45. The molecule has 3 aromatic rings. The summed E-state index contributed by atoms with van der Waals surface area (Å²) in [4.78, 5) is 16.0. The minimum atomic E-state index is 0.200. The molecule has 36 heavy (non-hydrogen) atoms. The van der Waals surface area contributed by atoms with E-state index in [-0.39, 0.29) is 5.41 Å². The summed E-state index contributed by atoms with van der Waals surface area (Å²) in [5.41, 5.74) is 4.06. The molecule has 3 aliphatic rings. The van der Waals surface area contributed by atoms with E-state index in [9.17, 15) is 5.26 Å². The second-order valence-corrected chi connectivity index (χ2v) is 11.6. The second-order valence-electron chi connectivity index (χ2n) is 10.8. The monoisotopic (exact) mass is 522 g/mol. The van der Waals surface area contributed by atoms with Gasteiger partial charge in [-0.05, 0) is 75.0 Å². The lowest BCUT2D eigenvalue weighted by molar-refractivity contribution is 0.153. The molecule has 2 saturated carbocycles. The Morgan fingerprint density at radius 2 is 1.97 bits per heavy atom. The second kappa shape index (κ2) is 9.54. The van der Waals surface area contributed by atoms with Gasteiger partial charge in [0, 0.05) is 44.2 Å². The Labute approximate surface area is 222 Å². The Hall–Kier alpha value is -2.30. The maximum Gasteiger partial charge on any atom is 0.204 e. The number of nitrogens with one attached hydrogen (secondary N) is 1. The van der Waals surface area contributed by atoms with Crippen LogP contribution in [-0.2, 0) is 5.41 Å². The van der Waals surface area contributed by atoms with E-state index < -0.39 is 0 Å². The Morgan fingerprint density at radius 1 is 1.17 bits per heavy atom. The number of H-pyrrole nitrogens is 1. The van der Waals surface area contributed by atoms with Gasteiger partial charge >= 0.3 is 0 Å². The van der Waals surface area contributed by atoms with Crippen molar-refractivity contribution in [3.05, 3.63) is 57.6 Å². The number of halogens is 2. The number of anilines is 1. The first-order chi connectivity index (χ1) is 17.5. The molecule has 0 spiro atoms. The molecule has 1 aliphatic heterocycles. The number of benzene rings is 2. The fraction of sp³-hybridized carbons (Fsp3) is 0.500. The van der Waals surface area contributed by atoms with Gasteiger partial charge < -0.3 is 19.7 Å². The van der Waals surface area contributed by atoms with E-state index in [0.29, 0.717) is 22.0 Å². The zero-order chi connectivity index (χ0) is 24.9. The molecule has 3 fully saturated rings. The number of likely N-dealkylation sites (N-methyl/N-ethyl adjacent to an activating group) is 1. The Balaban J connectivity index is 1.25. The summed E-state index contributed by atoms with van der Waals surface area (Å²) in [5, 5.41) is 10.5. The quantitative estimate of drug-likeness (QED) is 0.455. The molecular weight excluding hydrogens is 491 g/mol. The third-order valence-corrected chi connectivity index (χ3v) is 9.43. The lowest BCUT2D eigenvalue weighted by atomic mass is 9.92. The van der Waals surface area contributed by atoms with Crippen LogP contribution in [0.1, 0.15) is 36.8 Å². The summed E-state index contributed by atoms with van der Waals surface area (Å²) < 4.78 is 0. The molecule has 1 saturated heterocycles. The van der Waals surface area contributed by atoms with Gasteiger partial charge in [0.05, 0.1) is 32.7 Å². The number of hydrogen-bond acceptors (Lipinski definition) is 5. The summed E-state index contributed by atoms with van der Waals surface area (Å²) in [6, 6.07) is 14.7. The first kappa shape index (κ1) is 24.1. The first-order valence-corrected chi connectivity index (χ1v) is 13.8. The molecule has 0 bridgehead atoms. The van der Waals surface area contributed by atoms with Crippen molar-refractivity contribution in [1.82, 2.24) is 19.8 Å². The molecule has 6 nitrogen and oxygen atoms in total. The van der Waals surface area contributed by atoms with Crippen LogP contribution in [-0.4, -0.2) is 72.1 Å². The molecule has 2 heterocycles. The van der Waals surface area contributed by atoms with Crippen molar-refractivity contribution in [3.63, 3.8) is 0 Å². The third-order valence-electron chi connectivity index (χ3n) is 8.70. The predicted molar refractivity (Wildman–Crippen MR) is 146 cm³/mol. The Kier molecular flexibility index (Phi) is 6.37. The highest BCUT2D eigenvalue weighted by molar-refractivity contribution is 6.42. The van der Waals surface area contributed by atoms with Crippen molar-refractivity contribution in [2.75, 3.05) is 51.2 Å². The van der Waals surface area contributed by atoms with Crippen molar-refractivity contribution in [2.24, 2.45) is 5.92 Å². The van der Waals surface area contributed by atoms with Crippen LogP contribution in [0.2, 0.25) is 10.0 Å². The van der Waals surface area contributed by atoms with Gasteiger partial charge in [-0.1, -0.05) is 35.3 Å².